The first kappa shape index (κ1) is 29.9. The molecule has 0 saturated heterocycles. The van der Waals surface area contributed by atoms with Crippen LogP contribution < -0.4 is 25.8 Å². The summed E-state index contributed by atoms with van der Waals surface area (Å²) in [6, 6.07) is 4.04. The predicted octanol–water partition coefficient (Wildman–Crippen LogP) is 1.95. The number of hydrogen-bond donors (Lipinski definition) is 4. The van der Waals surface area contributed by atoms with Crippen molar-refractivity contribution in [3.63, 3.8) is 0 Å². The lowest BCUT2D eigenvalue weighted by molar-refractivity contribution is -0.132. The molecule has 0 aliphatic heterocycles. The SMILES string of the molecule is COc1cc(CNC(=O)CCCC/C=C/C(C)C)ccc1OC(=O)NCCN(C)C(=O)C(N)CO. The maximum atomic E-state index is 12.1. The van der Waals surface area contributed by atoms with Crippen LogP contribution in [0.15, 0.2) is 30.4 Å². The molecule has 0 heterocycles. The Morgan fingerprint density at radius 2 is 1.91 bits per heavy atom. The fourth-order valence-electron chi connectivity index (χ4n) is 3.04. The van der Waals surface area contributed by atoms with Crippen molar-refractivity contribution in [2.24, 2.45) is 11.7 Å². The third-order valence-electron chi connectivity index (χ3n) is 5.07. The molecule has 0 saturated carbocycles. The quantitative estimate of drug-likeness (QED) is 0.216. The van der Waals surface area contributed by atoms with Crippen LogP contribution in [-0.4, -0.2) is 67.8 Å². The van der Waals surface area contributed by atoms with E-state index in [4.69, 9.17) is 20.3 Å². The number of benzene rings is 1. The molecule has 0 radical (unpaired) electrons. The van der Waals surface area contributed by atoms with Gasteiger partial charge in [-0.3, -0.25) is 9.59 Å². The van der Waals surface area contributed by atoms with Gasteiger partial charge in [-0.05, 0) is 42.9 Å². The van der Waals surface area contributed by atoms with Gasteiger partial charge in [0.2, 0.25) is 11.8 Å². The first-order valence-electron chi connectivity index (χ1n) is 11.8. The number of aliphatic hydroxyl groups excluding tert-OH is 1. The van der Waals surface area contributed by atoms with Gasteiger partial charge in [0, 0.05) is 33.1 Å². The number of rotatable bonds is 15. The third kappa shape index (κ3) is 12.2. The van der Waals surface area contributed by atoms with E-state index in [1.165, 1.54) is 19.1 Å². The summed E-state index contributed by atoms with van der Waals surface area (Å²) in [6.07, 6.45) is 6.87. The van der Waals surface area contributed by atoms with Gasteiger partial charge in [0.15, 0.2) is 11.5 Å². The van der Waals surface area contributed by atoms with Crippen molar-refractivity contribution in [3.05, 3.63) is 35.9 Å². The Morgan fingerprint density at radius 1 is 1.17 bits per heavy atom. The van der Waals surface area contributed by atoms with Crippen LogP contribution in [0.5, 0.6) is 11.5 Å². The van der Waals surface area contributed by atoms with Crippen LogP contribution in [-0.2, 0) is 16.1 Å². The van der Waals surface area contributed by atoms with E-state index in [9.17, 15) is 14.4 Å². The zero-order valence-electron chi connectivity index (χ0n) is 21.2. The predicted molar refractivity (Wildman–Crippen MR) is 134 cm³/mol. The standard InChI is InChI=1S/C25H40N4O6/c1-18(2)9-7-5-6-8-10-23(31)28-16-19-11-12-21(22(15-19)34-4)35-25(33)27-13-14-29(3)24(32)20(26)17-30/h7,9,11-12,15,18,20,30H,5-6,8,10,13-14,16-17,26H2,1-4H3,(H,27,33)(H,28,31)/b9-7+. The monoisotopic (exact) mass is 492 g/mol. The molecule has 0 aliphatic rings. The van der Waals surface area contributed by atoms with Gasteiger partial charge in [0.05, 0.1) is 13.7 Å². The van der Waals surface area contributed by atoms with E-state index in [1.54, 1.807) is 18.2 Å². The van der Waals surface area contributed by atoms with Gasteiger partial charge in [0.25, 0.3) is 0 Å². The summed E-state index contributed by atoms with van der Waals surface area (Å²) < 4.78 is 10.6. The number of unbranched alkanes of at least 4 members (excludes halogenated alkanes) is 2. The number of nitrogens with zero attached hydrogens (tertiary/aromatic N) is 1. The lowest BCUT2D eigenvalue weighted by Crippen LogP contribution is -2.46. The van der Waals surface area contributed by atoms with Crippen LogP contribution >= 0.6 is 0 Å². The Hall–Kier alpha value is -3.11. The van der Waals surface area contributed by atoms with Crippen LogP contribution in [0.25, 0.3) is 0 Å². The van der Waals surface area contributed by atoms with E-state index < -0.39 is 24.6 Å². The van der Waals surface area contributed by atoms with Crippen LogP contribution in [0.3, 0.4) is 0 Å². The summed E-state index contributed by atoms with van der Waals surface area (Å²) in [5, 5.41) is 14.4. The Morgan fingerprint density at radius 3 is 2.57 bits per heavy atom. The molecule has 5 N–H and O–H groups in total. The molecule has 0 aliphatic carbocycles. The molecule has 196 valence electrons. The molecule has 1 aromatic rings. The third-order valence-corrected chi connectivity index (χ3v) is 5.07. The molecule has 1 rings (SSSR count). The Bertz CT molecular complexity index is 843. The molecule has 1 atom stereocenters. The minimum Gasteiger partial charge on any atom is -0.493 e. The lowest BCUT2D eigenvalue weighted by Gasteiger charge is -2.20. The molecule has 35 heavy (non-hydrogen) atoms. The highest BCUT2D eigenvalue weighted by Gasteiger charge is 2.17. The molecule has 0 spiro atoms. The fraction of sp³-hybridized carbons (Fsp3) is 0.560. The second-order valence-corrected chi connectivity index (χ2v) is 8.55. The summed E-state index contributed by atoms with van der Waals surface area (Å²) in [6.45, 7) is 4.50. The van der Waals surface area contributed by atoms with E-state index in [1.807, 2.05) is 0 Å². The molecular weight excluding hydrogens is 452 g/mol. The van der Waals surface area contributed by atoms with Crippen molar-refractivity contribution < 1.29 is 29.0 Å². The molecular formula is C25H40N4O6. The summed E-state index contributed by atoms with van der Waals surface area (Å²) in [4.78, 5) is 37.3. The lowest BCUT2D eigenvalue weighted by atomic mass is 10.1. The summed E-state index contributed by atoms with van der Waals surface area (Å²) in [5.41, 5.74) is 6.29. The van der Waals surface area contributed by atoms with Crippen molar-refractivity contribution in [1.29, 1.82) is 0 Å². The molecule has 10 heteroatoms. The van der Waals surface area contributed by atoms with Crippen LogP contribution in [0.1, 0.15) is 45.1 Å². The molecule has 0 aromatic heterocycles. The fourth-order valence-corrected chi connectivity index (χ4v) is 3.04. The van der Waals surface area contributed by atoms with Gasteiger partial charge in [-0.25, -0.2) is 4.79 Å². The van der Waals surface area contributed by atoms with Crippen molar-refractivity contribution >= 4 is 17.9 Å². The topological polar surface area (TPSA) is 143 Å². The van der Waals surface area contributed by atoms with Crippen LogP contribution in [0.4, 0.5) is 4.79 Å². The zero-order chi connectivity index (χ0) is 26.2. The molecule has 0 bridgehead atoms. The van der Waals surface area contributed by atoms with Crippen molar-refractivity contribution in [2.75, 3.05) is 33.9 Å². The number of carbonyl (C=O) groups is 3. The zero-order valence-corrected chi connectivity index (χ0v) is 21.2. The largest absolute Gasteiger partial charge is 0.493 e. The number of nitrogens with one attached hydrogen (secondary N) is 2. The number of methoxy groups -OCH3 is 1. The minimum absolute atomic E-state index is 0.0140. The Balaban J connectivity index is 2.44. The first-order valence-corrected chi connectivity index (χ1v) is 11.8. The van der Waals surface area contributed by atoms with Crippen molar-refractivity contribution in [2.45, 2.75) is 52.1 Å². The number of ether oxygens (including phenoxy) is 2. The second-order valence-electron chi connectivity index (χ2n) is 8.55. The number of amides is 3. The molecule has 10 nitrogen and oxygen atoms in total. The van der Waals surface area contributed by atoms with E-state index in [-0.39, 0.29) is 24.7 Å². The molecule has 0 fully saturated rings. The molecule has 3 amide bonds. The Labute approximate surface area is 207 Å². The van der Waals surface area contributed by atoms with Crippen molar-refractivity contribution in [3.8, 4) is 11.5 Å². The van der Waals surface area contributed by atoms with Gasteiger partial charge in [-0.1, -0.05) is 32.1 Å². The number of likely N-dealkylation sites (N-methyl/N-ethyl adjacent to an activating group) is 1. The van der Waals surface area contributed by atoms with Gasteiger partial charge in [-0.15, -0.1) is 0 Å². The number of aliphatic hydroxyl groups is 1. The van der Waals surface area contributed by atoms with Crippen LogP contribution in [0, 0.1) is 5.92 Å². The highest BCUT2D eigenvalue weighted by atomic mass is 16.6. The highest BCUT2D eigenvalue weighted by molar-refractivity contribution is 5.81. The normalized spacial score (nSPS) is 11.9. The highest BCUT2D eigenvalue weighted by Crippen LogP contribution is 2.28. The molecule has 1 aromatic carbocycles. The van der Waals surface area contributed by atoms with Gasteiger partial charge in [-0.2, -0.15) is 0 Å². The van der Waals surface area contributed by atoms with Gasteiger partial charge >= 0.3 is 6.09 Å². The van der Waals surface area contributed by atoms with E-state index in [0.29, 0.717) is 24.6 Å². The van der Waals surface area contributed by atoms with E-state index >= 15 is 0 Å². The summed E-state index contributed by atoms with van der Waals surface area (Å²) in [5.74, 6) is 0.681. The maximum absolute atomic E-state index is 12.1. The van der Waals surface area contributed by atoms with Crippen molar-refractivity contribution in [1.82, 2.24) is 15.5 Å². The number of hydrogen-bond acceptors (Lipinski definition) is 7. The van der Waals surface area contributed by atoms with Gasteiger partial charge in [0.1, 0.15) is 6.04 Å². The summed E-state index contributed by atoms with van der Waals surface area (Å²) in [7, 11) is 2.98. The van der Waals surface area contributed by atoms with E-state index in [2.05, 4.69) is 36.6 Å². The number of allylic oxidation sites excluding steroid dienone is 2. The smallest absolute Gasteiger partial charge is 0.412 e. The number of nitrogens with two attached hydrogens (primary N) is 1. The van der Waals surface area contributed by atoms with Gasteiger partial charge < -0.3 is 35.8 Å². The Kier molecular flexibility index (Phi) is 14.1. The maximum Gasteiger partial charge on any atom is 0.412 e. The second kappa shape index (κ2) is 16.5. The average molecular weight is 493 g/mol. The first-order chi connectivity index (χ1) is 16.7. The van der Waals surface area contributed by atoms with E-state index in [0.717, 1.165) is 24.8 Å². The summed E-state index contributed by atoms with van der Waals surface area (Å²) >= 11 is 0. The minimum atomic E-state index is -0.989. The molecule has 1 unspecified atom stereocenters. The number of carbonyl (C=O) groups excluding carboxylic acids is 3. The van der Waals surface area contributed by atoms with Crippen LogP contribution in [0.2, 0.25) is 0 Å². The average Bonchev–Trinajstić information content (AvgIpc) is 2.84.